The summed E-state index contributed by atoms with van der Waals surface area (Å²) in [5.41, 5.74) is 1.75. The Morgan fingerprint density at radius 1 is 0.971 bits per heavy atom. The van der Waals surface area contributed by atoms with Crippen molar-refractivity contribution in [2.75, 3.05) is 43.0 Å². The van der Waals surface area contributed by atoms with E-state index in [0.29, 0.717) is 42.5 Å². The molecule has 9 nitrogen and oxygen atoms in total. The van der Waals surface area contributed by atoms with Gasteiger partial charge in [-0.15, -0.1) is 0 Å². The number of nitro groups is 1. The van der Waals surface area contributed by atoms with Gasteiger partial charge in [-0.1, -0.05) is 41.9 Å². The Morgan fingerprint density at radius 3 is 2.34 bits per heavy atom. The second-order valence-electron chi connectivity index (χ2n) is 7.87. The van der Waals surface area contributed by atoms with E-state index in [1.54, 1.807) is 18.2 Å². The first kappa shape index (κ1) is 24.0. The lowest BCUT2D eigenvalue weighted by atomic mass is 10.1. The Balaban J connectivity index is 1.31. The highest BCUT2D eigenvalue weighted by atomic mass is 35.5. The summed E-state index contributed by atoms with van der Waals surface area (Å²) >= 11 is 6.49. The molecule has 2 amide bonds. The maximum Gasteiger partial charge on any atom is 0.310 e. The third-order valence-corrected chi connectivity index (χ3v) is 5.88. The highest BCUT2D eigenvalue weighted by molar-refractivity contribution is 6.33. The molecule has 0 radical (unpaired) electrons. The lowest BCUT2D eigenvalue weighted by Crippen LogP contribution is -2.48. The number of benzene rings is 3. The van der Waals surface area contributed by atoms with Crippen LogP contribution >= 0.6 is 11.6 Å². The van der Waals surface area contributed by atoms with Gasteiger partial charge in [-0.25, -0.2) is 0 Å². The van der Waals surface area contributed by atoms with Crippen LogP contribution in [-0.4, -0.2) is 54.4 Å². The lowest BCUT2D eigenvalue weighted by molar-refractivity contribution is -0.385. The molecule has 1 heterocycles. The fourth-order valence-electron chi connectivity index (χ4n) is 3.83. The molecule has 0 spiro atoms. The summed E-state index contributed by atoms with van der Waals surface area (Å²) in [5.74, 6) is -0.441. The minimum atomic E-state index is -0.566. The Bertz CT molecular complexity index is 1230. The van der Waals surface area contributed by atoms with Crippen LogP contribution < -0.4 is 15.0 Å². The average molecular weight is 495 g/mol. The maximum absolute atomic E-state index is 12.7. The first-order valence-corrected chi connectivity index (χ1v) is 11.3. The number of ether oxygens (including phenoxy) is 1. The Kier molecular flexibility index (Phi) is 7.47. The van der Waals surface area contributed by atoms with E-state index < -0.39 is 10.8 Å². The van der Waals surface area contributed by atoms with Gasteiger partial charge in [0.05, 0.1) is 15.6 Å². The quantitative estimate of drug-likeness (QED) is 0.389. The molecule has 35 heavy (non-hydrogen) atoms. The van der Waals surface area contributed by atoms with Crippen molar-refractivity contribution in [1.29, 1.82) is 0 Å². The van der Waals surface area contributed by atoms with Crippen LogP contribution in [0.25, 0.3) is 0 Å². The van der Waals surface area contributed by atoms with Crippen molar-refractivity contribution in [3.8, 4) is 5.75 Å². The number of nitrogens with zero attached hydrogens (tertiary/aromatic N) is 3. The maximum atomic E-state index is 12.7. The number of anilines is 2. The molecule has 0 unspecified atom stereocenters. The molecule has 1 fully saturated rings. The molecule has 0 saturated carbocycles. The van der Waals surface area contributed by atoms with Gasteiger partial charge in [0.15, 0.2) is 12.4 Å². The summed E-state index contributed by atoms with van der Waals surface area (Å²) < 4.78 is 5.32. The Morgan fingerprint density at radius 2 is 1.66 bits per heavy atom. The lowest BCUT2D eigenvalue weighted by Gasteiger charge is -2.36. The molecule has 0 aromatic heterocycles. The van der Waals surface area contributed by atoms with Gasteiger partial charge in [-0.3, -0.25) is 19.7 Å². The number of para-hydroxylation sites is 2. The fraction of sp³-hybridized carbons (Fsp3) is 0.200. The largest absolute Gasteiger partial charge is 0.477 e. The predicted octanol–water partition coefficient (Wildman–Crippen LogP) is 4.23. The van der Waals surface area contributed by atoms with Gasteiger partial charge < -0.3 is 19.9 Å². The van der Waals surface area contributed by atoms with E-state index in [9.17, 15) is 19.7 Å². The fourth-order valence-corrected chi connectivity index (χ4v) is 4.13. The predicted molar refractivity (Wildman–Crippen MR) is 133 cm³/mol. The van der Waals surface area contributed by atoms with E-state index in [1.165, 1.54) is 18.2 Å². The first-order valence-electron chi connectivity index (χ1n) is 11.0. The molecule has 1 saturated heterocycles. The van der Waals surface area contributed by atoms with Gasteiger partial charge in [0.25, 0.3) is 11.8 Å². The minimum absolute atomic E-state index is 0.0115. The Hall–Kier alpha value is -4.11. The minimum Gasteiger partial charge on any atom is -0.477 e. The molecule has 180 valence electrons. The van der Waals surface area contributed by atoms with Gasteiger partial charge in [0.1, 0.15) is 0 Å². The zero-order chi connectivity index (χ0) is 24.8. The van der Waals surface area contributed by atoms with Gasteiger partial charge in [-0.05, 0) is 36.4 Å². The molecule has 4 rings (SSSR count). The molecule has 0 aliphatic carbocycles. The number of nitrogens with one attached hydrogen (secondary N) is 1. The van der Waals surface area contributed by atoms with Crippen LogP contribution in [0.15, 0.2) is 72.8 Å². The molecule has 10 heteroatoms. The molecule has 3 aromatic carbocycles. The number of halogens is 1. The third kappa shape index (κ3) is 5.88. The van der Waals surface area contributed by atoms with Crippen LogP contribution in [0.1, 0.15) is 10.4 Å². The number of hydrogen-bond acceptors (Lipinski definition) is 6. The third-order valence-electron chi connectivity index (χ3n) is 5.58. The normalized spacial score (nSPS) is 13.3. The number of nitro benzene ring substituents is 1. The zero-order valence-corrected chi connectivity index (χ0v) is 19.5. The number of rotatable bonds is 7. The number of amides is 2. The van der Waals surface area contributed by atoms with E-state index in [1.807, 2.05) is 41.3 Å². The highest BCUT2D eigenvalue weighted by Crippen LogP contribution is 2.30. The van der Waals surface area contributed by atoms with Gasteiger partial charge in [0.2, 0.25) is 0 Å². The molecule has 1 aliphatic rings. The number of hydrogen-bond donors (Lipinski definition) is 1. The molecule has 3 aromatic rings. The molecule has 0 atom stereocenters. The van der Waals surface area contributed by atoms with Crippen LogP contribution in [0.3, 0.4) is 0 Å². The first-order chi connectivity index (χ1) is 16.9. The van der Waals surface area contributed by atoms with E-state index in [2.05, 4.69) is 10.2 Å². The van der Waals surface area contributed by atoms with Crippen molar-refractivity contribution in [2.24, 2.45) is 0 Å². The van der Waals surface area contributed by atoms with Crippen LogP contribution in [-0.2, 0) is 4.79 Å². The monoisotopic (exact) mass is 494 g/mol. The second-order valence-corrected chi connectivity index (χ2v) is 8.28. The number of carbonyl (C=O) groups is 2. The standard InChI is InChI=1S/C25H23ClN4O5/c26-20-16-19(27-24(31)17-35-23-9-5-4-8-22(23)30(33)34)10-11-21(20)28-12-14-29(15-13-28)25(32)18-6-2-1-3-7-18/h1-11,16H,12-15,17H2,(H,27,31). The van der Waals surface area contributed by atoms with Crippen molar-refractivity contribution in [3.63, 3.8) is 0 Å². The molecule has 1 aliphatic heterocycles. The van der Waals surface area contributed by atoms with Crippen LogP contribution in [0.2, 0.25) is 5.02 Å². The summed E-state index contributed by atoms with van der Waals surface area (Å²) in [4.78, 5) is 39.4. The van der Waals surface area contributed by atoms with Gasteiger partial charge in [0, 0.05) is 43.5 Å². The average Bonchev–Trinajstić information content (AvgIpc) is 2.88. The topological polar surface area (TPSA) is 105 Å². The van der Waals surface area contributed by atoms with Crippen molar-refractivity contribution < 1.29 is 19.2 Å². The second kappa shape index (κ2) is 10.9. The van der Waals surface area contributed by atoms with Crippen molar-refractivity contribution >= 4 is 40.5 Å². The van der Waals surface area contributed by atoms with E-state index in [0.717, 1.165) is 5.69 Å². The molecular formula is C25H23ClN4O5. The summed E-state index contributed by atoms with van der Waals surface area (Å²) in [6, 6.07) is 20.2. The van der Waals surface area contributed by atoms with Crippen LogP contribution in [0.5, 0.6) is 5.75 Å². The number of piperazine rings is 1. The van der Waals surface area contributed by atoms with Crippen molar-refractivity contribution in [2.45, 2.75) is 0 Å². The highest BCUT2D eigenvalue weighted by Gasteiger charge is 2.23. The smallest absolute Gasteiger partial charge is 0.310 e. The van der Waals surface area contributed by atoms with Crippen LogP contribution in [0.4, 0.5) is 17.1 Å². The summed E-state index contributed by atoms with van der Waals surface area (Å²) in [7, 11) is 0. The van der Waals surface area contributed by atoms with Crippen molar-refractivity contribution in [3.05, 3.63) is 93.5 Å². The molecule has 0 bridgehead atoms. The van der Waals surface area contributed by atoms with E-state index in [4.69, 9.17) is 16.3 Å². The zero-order valence-electron chi connectivity index (χ0n) is 18.7. The summed E-state index contributed by atoms with van der Waals surface area (Å²) in [6.07, 6.45) is 0. The molecule has 1 N–H and O–H groups in total. The van der Waals surface area contributed by atoms with Crippen molar-refractivity contribution in [1.82, 2.24) is 4.90 Å². The van der Waals surface area contributed by atoms with Crippen LogP contribution in [0, 0.1) is 10.1 Å². The van der Waals surface area contributed by atoms with Gasteiger partial charge >= 0.3 is 5.69 Å². The van der Waals surface area contributed by atoms with E-state index >= 15 is 0 Å². The number of carbonyl (C=O) groups excluding carboxylic acids is 2. The SMILES string of the molecule is O=C(COc1ccccc1[N+](=O)[O-])Nc1ccc(N2CCN(C(=O)c3ccccc3)CC2)c(Cl)c1. The van der Waals surface area contributed by atoms with Gasteiger partial charge in [-0.2, -0.15) is 0 Å². The Labute approximate surface area is 207 Å². The summed E-state index contributed by atoms with van der Waals surface area (Å²) in [5, 5.41) is 14.2. The van der Waals surface area contributed by atoms with E-state index in [-0.39, 0.29) is 24.0 Å². The summed E-state index contributed by atoms with van der Waals surface area (Å²) in [6.45, 7) is 2.03. The molecular weight excluding hydrogens is 472 g/mol.